The highest BCUT2D eigenvalue weighted by Crippen LogP contribution is 2.22. The zero-order valence-corrected chi connectivity index (χ0v) is 13.7. The van der Waals surface area contributed by atoms with Gasteiger partial charge >= 0.3 is 0 Å². The minimum Gasteiger partial charge on any atom is -0.389 e. The summed E-state index contributed by atoms with van der Waals surface area (Å²) in [5.74, 6) is 0. The van der Waals surface area contributed by atoms with Crippen LogP contribution in [0.5, 0.6) is 0 Å². The predicted molar refractivity (Wildman–Crippen MR) is 83.9 cm³/mol. The third kappa shape index (κ3) is 6.81. The van der Waals surface area contributed by atoms with Gasteiger partial charge in [-0.3, -0.25) is 0 Å². The van der Waals surface area contributed by atoms with Gasteiger partial charge in [0, 0.05) is 23.7 Å². The maximum Gasteiger partial charge on any atom is 0.0897 e. The maximum atomic E-state index is 9.83. The standard InChI is InChI=1S/C15H24BrNO3/c1-3-19-8-9-20-11-13(18)10-17-12(2)14-6-4-5-7-15(14)16/h4-7,12-13,17-18H,3,8-11H2,1-2H3/t12-,13?/m1/s1. The normalized spacial score (nSPS) is 14.2. The molecule has 1 unspecified atom stereocenters. The second-order valence-corrected chi connectivity index (χ2v) is 5.43. The topological polar surface area (TPSA) is 50.7 Å². The molecule has 4 nitrogen and oxygen atoms in total. The summed E-state index contributed by atoms with van der Waals surface area (Å²) >= 11 is 3.53. The molecular weight excluding hydrogens is 322 g/mol. The van der Waals surface area contributed by atoms with Crippen LogP contribution in [-0.2, 0) is 9.47 Å². The van der Waals surface area contributed by atoms with E-state index < -0.39 is 6.10 Å². The van der Waals surface area contributed by atoms with Crippen molar-refractivity contribution in [2.24, 2.45) is 0 Å². The van der Waals surface area contributed by atoms with E-state index in [9.17, 15) is 5.11 Å². The lowest BCUT2D eigenvalue weighted by atomic mass is 10.1. The molecule has 2 atom stereocenters. The highest BCUT2D eigenvalue weighted by atomic mass is 79.9. The van der Waals surface area contributed by atoms with Crippen LogP contribution in [0.15, 0.2) is 28.7 Å². The van der Waals surface area contributed by atoms with Crippen molar-refractivity contribution >= 4 is 15.9 Å². The van der Waals surface area contributed by atoms with E-state index in [0.29, 0.717) is 33.0 Å². The van der Waals surface area contributed by atoms with Gasteiger partial charge in [-0.15, -0.1) is 0 Å². The average molecular weight is 346 g/mol. The van der Waals surface area contributed by atoms with E-state index in [1.807, 2.05) is 25.1 Å². The van der Waals surface area contributed by atoms with E-state index in [-0.39, 0.29) is 6.04 Å². The Morgan fingerprint density at radius 3 is 2.65 bits per heavy atom. The zero-order valence-electron chi connectivity index (χ0n) is 12.1. The molecule has 0 fully saturated rings. The lowest BCUT2D eigenvalue weighted by molar-refractivity contribution is 0.00585. The number of benzene rings is 1. The molecule has 2 N–H and O–H groups in total. The summed E-state index contributed by atoms with van der Waals surface area (Å²) in [6.07, 6.45) is -0.512. The van der Waals surface area contributed by atoms with Crippen LogP contribution in [0, 0.1) is 0 Å². The quantitative estimate of drug-likeness (QED) is 0.639. The number of aliphatic hydroxyl groups is 1. The van der Waals surface area contributed by atoms with Gasteiger partial charge in [-0.05, 0) is 25.5 Å². The van der Waals surface area contributed by atoms with Gasteiger partial charge in [0.25, 0.3) is 0 Å². The number of rotatable bonds is 10. The van der Waals surface area contributed by atoms with Crippen molar-refractivity contribution in [1.29, 1.82) is 0 Å². The molecule has 0 aliphatic rings. The van der Waals surface area contributed by atoms with E-state index in [2.05, 4.69) is 34.2 Å². The van der Waals surface area contributed by atoms with Crippen LogP contribution in [0.1, 0.15) is 25.5 Å². The molecule has 1 rings (SSSR count). The summed E-state index contributed by atoms with van der Waals surface area (Å²) in [7, 11) is 0. The molecule has 114 valence electrons. The summed E-state index contributed by atoms with van der Waals surface area (Å²) in [5, 5.41) is 13.1. The van der Waals surface area contributed by atoms with E-state index in [1.54, 1.807) is 0 Å². The Hall–Kier alpha value is -0.460. The highest BCUT2D eigenvalue weighted by molar-refractivity contribution is 9.10. The van der Waals surface area contributed by atoms with Crippen LogP contribution in [0.4, 0.5) is 0 Å². The fourth-order valence-corrected chi connectivity index (χ4v) is 2.42. The lowest BCUT2D eigenvalue weighted by Gasteiger charge is -2.18. The Labute approximate surface area is 129 Å². The Balaban J connectivity index is 2.20. The van der Waals surface area contributed by atoms with Crippen molar-refractivity contribution < 1.29 is 14.6 Å². The average Bonchev–Trinajstić information content (AvgIpc) is 2.45. The Kier molecular flexibility index (Phi) is 9.05. The molecule has 0 aliphatic heterocycles. The second-order valence-electron chi connectivity index (χ2n) is 4.58. The Morgan fingerprint density at radius 2 is 1.95 bits per heavy atom. The molecule has 0 amide bonds. The van der Waals surface area contributed by atoms with Crippen LogP contribution in [0.2, 0.25) is 0 Å². The van der Waals surface area contributed by atoms with Crippen molar-refractivity contribution in [2.75, 3.05) is 33.0 Å². The first-order chi connectivity index (χ1) is 9.65. The number of ether oxygens (including phenoxy) is 2. The van der Waals surface area contributed by atoms with Gasteiger partial charge in [0.2, 0.25) is 0 Å². The monoisotopic (exact) mass is 345 g/mol. The number of hydrogen-bond acceptors (Lipinski definition) is 4. The summed E-state index contributed by atoms with van der Waals surface area (Å²) < 4.78 is 11.6. The summed E-state index contributed by atoms with van der Waals surface area (Å²) in [6.45, 7) is 6.62. The molecule has 0 radical (unpaired) electrons. The van der Waals surface area contributed by atoms with Crippen molar-refractivity contribution in [3.63, 3.8) is 0 Å². The maximum absolute atomic E-state index is 9.83. The van der Waals surface area contributed by atoms with Gasteiger partial charge in [0.1, 0.15) is 0 Å². The van der Waals surface area contributed by atoms with Crippen LogP contribution in [0.3, 0.4) is 0 Å². The van der Waals surface area contributed by atoms with Gasteiger partial charge in [0.15, 0.2) is 0 Å². The number of nitrogens with one attached hydrogen (secondary N) is 1. The first kappa shape index (κ1) is 17.6. The van der Waals surface area contributed by atoms with Gasteiger partial charge in [-0.2, -0.15) is 0 Å². The molecule has 0 heterocycles. The van der Waals surface area contributed by atoms with E-state index in [0.717, 1.165) is 4.47 Å². The van der Waals surface area contributed by atoms with Crippen LogP contribution >= 0.6 is 15.9 Å². The highest BCUT2D eigenvalue weighted by Gasteiger charge is 2.10. The van der Waals surface area contributed by atoms with Gasteiger partial charge < -0.3 is 19.9 Å². The van der Waals surface area contributed by atoms with Gasteiger partial charge in [-0.1, -0.05) is 34.1 Å². The fourth-order valence-electron chi connectivity index (χ4n) is 1.79. The van der Waals surface area contributed by atoms with Crippen molar-refractivity contribution in [1.82, 2.24) is 5.32 Å². The number of aliphatic hydroxyl groups excluding tert-OH is 1. The third-order valence-corrected chi connectivity index (χ3v) is 3.64. The molecule has 0 spiro atoms. The molecule has 20 heavy (non-hydrogen) atoms. The van der Waals surface area contributed by atoms with Crippen molar-refractivity contribution in [3.05, 3.63) is 34.3 Å². The van der Waals surface area contributed by atoms with Crippen molar-refractivity contribution in [3.8, 4) is 0 Å². The first-order valence-electron chi connectivity index (χ1n) is 6.96. The van der Waals surface area contributed by atoms with Crippen molar-refractivity contribution in [2.45, 2.75) is 26.0 Å². The van der Waals surface area contributed by atoms with Gasteiger partial charge in [0.05, 0.1) is 25.9 Å². The zero-order chi connectivity index (χ0) is 14.8. The Bertz CT molecular complexity index is 376. The molecule has 0 bridgehead atoms. The minimum absolute atomic E-state index is 0.170. The fraction of sp³-hybridized carbons (Fsp3) is 0.600. The molecule has 0 aliphatic carbocycles. The van der Waals surface area contributed by atoms with Crippen LogP contribution in [-0.4, -0.2) is 44.2 Å². The summed E-state index contributed by atoms with van der Waals surface area (Å²) in [6, 6.07) is 8.24. The third-order valence-electron chi connectivity index (χ3n) is 2.92. The number of halogens is 1. The molecule has 0 saturated heterocycles. The predicted octanol–water partition coefficient (Wildman–Crippen LogP) is 2.51. The molecule has 1 aromatic carbocycles. The Morgan fingerprint density at radius 1 is 1.25 bits per heavy atom. The summed E-state index contributed by atoms with van der Waals surface area (Å²) in [4.78, 5) is 0. The number of hydrogen-bond donors (Lipinski definition) is 2. The molecule has 5 heteroatoms. The SMILES string of the molecule is CCOCCOCC(O)CN[C@H](C)c1ccccc1Br. The first-order valence-corrected chi connectivity index (χ1v) is 7.75. The van der Waals surface area contributed by atoms with Gasteiger partial charge in [-0.25, -0.2) is 0 Å². The molecule has 0 saturated carbocycles. The largest absolute Gasteiger partial charge is 0.389 e. The minimum atomic E-state index is -0.512. The van der Waals surface area contributed by atoms with E-state index in [4.69, 9.17) is 9.47 Å². The van der Waals surface area contributed by atoms with Crippen LogP contribution in [0.25, 0.3) is 0 Å². The second kappa shape index (κ2) is 10.3. The smallest absolute Gasteiger partial charge is 0.0897 e. The molecular formula is C15H24BrNO3. The van der Waals surface area contributed by atoms with E-state index in [1.165, 1.54) is 5.56 Å². The summed E-state index contributed by atoms with van der Waals surface area (Å²) in [5.41, 5.74) is 1.18. The molecule has 1 aromatic rings. The molecule has 0 aromatic heterocycles. The lowest BCUT2D eigenvalue weighted by Crippen LogP contribution is -2.32. The van der Waals surface area contributed by atoms with Crippen LogP contribution < -0.4 is 5.32 Å². The van der Waals surface area contributed by atoms with E-state index >= 15 is 0 Å².